The maximum atomic E-state index is 14.0. The minimum atomic E-state index is -0.575. The largest absolute Gasteiger partial charge is 0.469 e. The SMILES string of the molecule is CCCCc1c(C)c2c(c(C)c1B1Nc3ccccc3C(=O)N1c1ccccc1)CC(C)(C(=O)OC)C2. The fourth-order valence-electron chi connectivity index (χ4n) is 6.29. The summed E-state index contributed by atoms with van der Waals surface area (Å²) in [5, 5.41) is 3.74. The predicted octanol–water partition coefficient (Wildman–Crippen LogP) is 5.39. The molecule has 1 heterocycles. The number of carbonyl (C=O) groups is 2. The minimum absolute atomic E-state index is 0.0102. The van der Waals surface area contributed by atoms with Gasteiger partial charge in [0, 0.05) is 11.4 Å². The van der Waals surface area contributed by atoms with Crippen LogP contribution in [-0.4, -0.2) is 26.0 Å². The number of esters is 1. The van der Waals surface area contributed by atoms with Gasteiger partial charge in [-0.15, -0.1) is 0 Å². The lowest BCUT2D eigenvalue weighted by Crippen LogP contribution is -2.61. The van der Waals surface area contributed by atoms with Crippen molar-refractivity contribution in [2.45, 2.75) is 59.8 Å². The molecule has 0 bridgehead atoms. The monoisotopic (exact) mass is 494 g/mol. The highest BCUT2D eigenvalue weighted by atomic mass is 16.5. The molecule has 1 aliphatic carbocycles. The summed E-state index contributed by atoms with van der Waals surface area (Å²) in [5.41, 5.74) is 9.17. The van der Waals surface area contributed by atoms with Gasteiger partial charge in [0.25, 0.3) is 0 Å². The van der Waals surface area contributed by atoms with E-state index < -0.39 is 5.41 Å². The summed E-state index contributed by atoms with van der Waals surface area (Å²) < 4.78 is 5.21. The van der Waals surface area contributed by atoms with Crippen LogP contribution in [0.25, 0.3) is 0 Å². The smallest absolute Gasteiger partial charge is 0.416 e. The first-order valence-corrected chi connectivity index (χ1v) is 13.3. The molecule has 6 heteroatoms. The van der Waals surface area contributed by atoms with Crippen molar-refractivity contribution in [3.05, 3.63) is 88.0 Å². The molecule has 0 aromatic heterocycles. The first-order chi connectivity index (χ1) is 17.8. The summed E-state index contributed by atoms with van der Waals surface area (Å²) >= 11 is 0. The van der Waals surface area contributed by atoms with E-state index >= 15 is 0 Å². The van der Waals surface area contributed by atoms with Crippen LogP contribution in [0.1, 0.15) is 64.9 Å². The Bertz CT molecular complexity index is 1370. The normalized spacial score (nSPS) is 18.4. The van der Waals surface area contributed by atoms with Crippen molar-refractivity contribution < 1.29 is 14.3 Å². The van der Waals surface area contributed by atoms with E-state index in [9.17, 15) is 9.59 Å². The van der Waals surface area contributed by atoms with Crippen LogP contribution in [0.5, 0.6) is 0 Å². The lowest BCUT2D eigenvalue weighted by molar-refractivity contribution is -0.151. The van der Waals surface area contributed by atoms with Gasteiger partial charge in [0.2, 0.25) is 5.91 Å². The number of nitrogens with zero attached hydrogens (tertiary/aromatic N) is 1. The summed E-state index contributed by atoms with van der Waals surface area (Å²) in [5.74, 6) is -0.172. The lowest BCUT2D eigenvalue weighted by Gasteiger charge is -2.38. The molecule has 1 unspecified atom stereocenters. The van der Waals surface area contributed by atoms with E-state index in [1.165, 1.54) is 34.9 Å². The highest BCUT2D eigenvalue weighted by Crippen LogP contribution is 2.42. The third kappa shape index (κ3) is 4.13. The van der Waals surface area contributed by atoms with Crippen molar-refractivity contribution in [1.29, 1.82) is 0 Å². The van der Waals surface area contributed by atoms with Gasteiger partial charge in [-0.3, -0.25) is 9.59 Å². The van der Waals surface area contributed by atoms with Gasteiger partial charge in [-0.2, -0.15) is 0 Å². The van der Waals surface area contributed by atoms with Gasteiger partial charge in [0.15, 0.2) is 0 Å². The molecule has 0 saturated heterocycles. The Hall–Kier alpha value is -3.54. The van der Waals surface area contributed by atoms with E-state index in [1.807, 2.05) is 66.3 Å². The molecule has 2 aliphatic rings. The molecule has 1 amide bonds. The third-order valence-electron chi connectivity index (χ3n) is 8.28. The number of anilines is 2. The molecule has 5 nitrogen and oxygen atoms in total. The number of carbonyl (C=O) groups excluding carboxylic acids is 2. The summed E-state index contributed by atoms with van der Waals surface area (Å²) in [6.45, 7) is 8.23. The second kappa shape index (κ2) is 9.73. The van der Waals surface area contributed by atoms with Gasteiger partial charge >= 0.3 is 13.0 Å². The van der Waals surface area contributed by atoms with Gasteiger partial charge < -0.3 is 14.8 Å². The molecule has 3 aromatic carbocycles. The topological polar surface area (TPSA) is 58.6 Å². The van der Waals surface area contributed by atoms with Crippen LogP contribution in [0, 0.1) is 19.3 Å². The van der Waals surface area contributed by atoms with E-state index in [0.29, 0.717) is 18.4 Å². The van der Waals surface area contributed by atoms with Gasteiger partial charge in [-0.05, 0) is 104 Å². The zero-order valence-corrected chi connectivity index (χ0v) is 22.5. The second-order valence-corrected chi connectivity index (χ2v) is 10.7. The number of hydrogen-bond donors (Lipinski definition) is 1. The number of rotatable bonds is 6. The highest BCUT2D eigenvalue weighted by Gasteiger charge is 2.46. The number of fused-ring (bicyclic) bond motifs is 2. The molecule has 0 radical (unpaired) electrons. The number of amides is 1. The number of hydrogen-bond acceptors (Lipinski definition) is 4. The van der Waals surface area contributed by atoms with E-state index in [-0.39, 0.29) is 18.9 Å². The maximum Gasteiger partial charge on any atom is 0.416 e. The molecule has 1 N–H and O–H groups in total. The molecule has 1 aliphatic heterocycles. The predicted molar refractivity (Wildman–Crippen MR) is 151 cm³/mol. The number of ether oxygens (including phenoxy) is 1. The van der Waals surface area contributed by atoms with Crippen molar-refractivity contribution >= 4 is 35.7 Å². The van der Waals surface area contributed by atoms with Crippen LogP contribution in [0.3, 0.4) is 0 Å². The van der Waals surface area contributed by atoms with Crippen LogP contribution in [-0.2, 0) is 28.8 Å². The Morgan fingerprint density at radius 1 is 1.03 bits per heavy atom. The van der Waals surface area contributed by atoms with Gasteiger partial charge in [0.1, 0.15) is 0 Å². The number of benzene rings is 3. The van der Waals surface area contributed by atoms with Crippen LogP contribution in [0.15, 0.2) is 54.6 Å². The van der Waals surface area contributed by atoms with Crippen LogP contribution >= 0.6 is 0 Å². The molecular formula is C31H35BN2O3. The standard InChI is InChI=1S/C31H35BN2O3/c1-6-7-15-23-20(2)25-18-31(4,30(36)37-5)19-26(25)21(3)28(23)32-33-27-17-12-11-16-24(27)29(35)34(32)22-13-9-8-10-14-22/h8-14,16-17,33H,6-7,15,18-19H2,1-5H3. The first-order valence-electron chi connectivity index (χ1n) is 13.3. The third-order valence-corrected chi connectivity index (χ3v) is 8.28. The molecule has 0 spiro atoms. The number of methoxy groups -OCH3 is 1. The molecule has 190 valence electrons. The van der Waals surface area contributed by atoms with Crippen molar-refractivity contribution in [2.75, 3.05) is 17.1 Å². The minimum Gasteiger partial charge on any atom is -0.469 e. The molecule has 0 saturated carbocycles. The van der Waals surface area contributed by atoms with Crippen molar-refractivity contribution in [3.8, 4) is 0 Å². The van der Waals surface area contributed by atoms with Gasteiger partial charge in [-0.25, -0.2) is 0 Å². The van der Waals surface area contributed by atoms with E-state index in [1.54, 1.807) is 0 Å². The average Bonchev–Trinajstić information content (AvgIpc) is 3.29. The summed E-state index contributed by atoms with van der Waals surface area (Å²) in [4.78, 5) is 28.7. The van der Waals surface area contributed by atoms with E-state index in [2.05, 4.69) is 26.0 Å². The zero-order chi connectivity index (χ0) is 26.3. The van der Waals surface area contributed by atoms with E-state index in [4.69, 9.17) is 4.74 Å². The summed E-state index contributed by atoms with van der Waals surface area (Å²) in [6, 6.07) is 17.7. The summed E-state index contributed by atoms with van der Waals surface area (Å²) in [6.07, 6.45) is 4.39. The van der Waals surface area contributed by atoms with Crippen molar-refractivity contribution in [3.63, 3.8) is 0 Å². The maximum absolute atomic E-state index is 14.0. The van der Waals surface area contributed by atoms with Crippen molar-refractivity contribution in [1.82, 2.24) is 0 Å². The van der Waals surface area contributed by atoms with E-state index in [0.717, 1.165) is 36.1 Å². The second-order valence-electron chi connectivity index (χ2n) is 10.7. The van der Waals surface area contributed by atoms with Gasteiger partial charge in [0.05, 0.1) is 18.1 Å². The molecular weight excluding hydrogens is 459 g/mol. The van der Waals surface area contributed by atoms with Crippen LogP contribution in [0.2, 0.25) is 0 Å². The van der Waals surface area contributed by atoms with Gasteiger partial charge in [-0.1, -0.05) is 43.7 Å². The fraction of sp³-hybridized carbons (Fsp3) is 0.355. The number of para-hydroxylation sites is 2. The van der Waals surface area contributed by atoms with Crippen LogP contribution in [0.4, 0.5) is 11.4 Å². The highest BCUT2D eigenvalue weighted by molar-refractivity contribution is 6.84. The number of unbranched alkanes of at least 4 members (excludes halogenated alkanes) is 1. The molecule has 0 fully saturated rings. The molecule has 5 rings (SSSR count). The lowest BCUT2D eigenvalue weighted by atomic mass is 9.58. The molecule has 1 atom stereocenters. The average molecular weight is 494 g/mol. The Labute approximate surface area is 220 Å². The Balaban J connectivity index is 1.74. The number of nitrogens with one attached hydrogen (secondary N) is 1. The fourth-order valence-corrected chi connectivity index (χ4v) is 6.29. The quantitative estimate of drug-likeness (QED) is 0.369. The zero-order valence-electron chi connectivity index (χ0n) is 22.5. The van der Waals surface area contributed by atoms with Crippen LogP contribution < -0.4 is 15.5 Å². The first kappa shape index (κ1) is 25.1. The summed E-state index contributed by atoms with van der Waals surface area (Å²) in [7, 11) is 1.47. The Kier molecular flexibility index (Phi) is 6.61. The molecule has 37 heavy (non-hydrogen) atoms. The molecule has 3 aromatic rings. The Morgan fingerprint density at radius 3 is 2.35 bits per heavy atom. The van der Waals surface area contributed by atoms with Crippen molar-refractivity contribution in [2.24, 2.45) is 5.41 Å². The Morgan fingerprint density at radius 2 is 1.68 bits per heavy atom.